The molecule has 6 heteroatoms. The lowest BCUT2D eigenvalue weighted by molar-refractivity contribution is -0.120. The van der Waals surface area contributed by atoms with Crippen molar-refractivity contribution < 1.29 is 9.53 Å². The van der Waals surface area contributed by atoms with Gasteiger partial charge >= 0.3 is 0 Å². The third-order valence-corrected chi connectivity index (χ3v) is 5.00. The van der Waals surface area contributed by atoms with E-state index in [1.807, 2.05) is 43.5 Å². The number of amides is 1. The van der Waals surface area contributed by atoms with Crippen LogP contribution in [-0.2, 0) is 4.79 Å². The Morgan fingerprint density at radius 3 is 2.96 bits per heavy atom. The largest absolute Gasteiger partial charge is 0.494 e. The number of carbonyl (C=O) groups excluding carboxylic acids is 1. The third-order valence-electron chi connectivity index (χ3n) is 4.24. The fraction of sp³-hybridized carbons (Fsp3) is 0.444. The van der Waals surface area contributed by atoms with Gasteiger partial charge in [0, 0.05) is 10.9 Å². The number of nitrogens with zero attached hydrogens (tertiary/aromatic N) is 2. The highest BCUT2D eigenvalue weighted by atomic mass is 32.1. The van der Waals surface area contributed by atoms with Crippen molar-refractivity contribution in [2.24, 2.45) is 0 Å². The van der Waals surface area contributed by atoms with Crippen molar-refractivity contribution in [1.82, 2.24) is 9.88 Å². The highest BCUT2D eigenvalue weighted by Gasteiger charge is 2.24. The van der Waals surface area contributed by atoms with Crippen LogP contribution in [0.3, 0.4) is 0 Å². The van der Waals surface area contributed by atoms with Gasteiger partial charge in [0.05, 0.1) is 18.3 Å². The number of benzene rings is 1. The molecule has 1 aromatic carbocycles. The summed E-state index contributed by atoms with van der Waals surface area (Å²) in [6, 6.07) is 7.74. The van der Waals surface area contributed by atoms with Crippen molar-refractivity contribution in [3.8, 4) is 17.0 Å². The molecular formula is C18H23N3O2S. The number of hydrogen-bond acceptors (Lipinski definition) is 5. The van der Waals surface area contributed by atoms with Crippen molar-refractivity contribution >= 4 is 22.4 Å². The first kappa shape index (κ1) is 16.9. The lowest BCUT2D eigenvalue weighted by Crippen LogP contribution is -2.40. The normalized spacial score (nSPS) is 16.1. The topological polar surface area (TPSA) is 54.5 Å². The number of rotatable bonds is 6. The van der Waals surface area contributed by atoms with E-state index in [1.54, 1.807) is 0 Å². The summed E-state index contributed by atoms with van der Waals surface area (Å²) >= 11 is 1.45. The number of thiazole rings is 1. The minimum Gasteiger partial charge on any atom is -0.494 e. The summed E-state index contributed by atoms with van der Waals surface area (Å²) in [5.74, 6) is 0.845. The van der Waals surface area contributed by atoms with Crippen LogP contribution in [0.15, 0.2) is 29.6 Å². The van der Waals surface area contributed by atoms with Crippen LogP contribution < -0.4 is 10.1 Å². The molecule has 0 radical (unpaired) electrons. The minimum absolute atomic E-state index is 0.0147. The Bertz CT molecular complexity index is 695. The Kier molecular flexibility index (Phi) is 5.48. The van der Waals surface area contributed by atoms with E-state index in [0.29, 0.717) is 11.7 Å². The number of aromatic nitrogens is 1. The Balaban J connectivity index is 1.66. The van der Waals surface area contributed by atoms with E-state index in [2.05, 4.69) is 15.2 Å². The summed E-state index contributed by atoms with van der Waals surface area (Å²) in [5.41, 5.74) is 1.84. The quantitative estimate of drug-likeness (QED) is 0.868. The average Bonchev–Trinajstić information content (AvgIpc) is 3.26. The van der Waals surface area contributed by atoms with Crippen LogP contribution >= 0.6 is 11.3 Å². The molecule has 24 heavy (non-hydrogen) atoms. The van der Waals surface area contributed by atoms with Crippen molar-refractivity contribution in [2.75, 3.05) is 25.0 Å². The van der Waals surface area contributed by atoms with Crippen molar-refractivity contribution in [1.29, 1.82) is 0 Å². The molecule has 1 atom stereocenters. The lowest BCUT2D eigenvalue weighted by Gasteiger charge is -2.21. The minimum atomic E-state index is -0.110. The number of likely N-dealkylation sites (tertiary alicyclic amines) is 1. The van der Waals surface area contributed by atoms with Crippen LogP contribution in [0.5, 0.6) is 5.75 Å². The van der Waals surface area contributed by atoms with Gasteiger partial charge in [0.25, 0.3) is 0 Å². The van der Waals surface area contributed by atoms with Crippen LogP contribution in [0.4, 0.5) is 5.13 Å². The number of hydrogen-bond donors (Lipinski definition) is 1. The first-order valence-electron chi connectivity index (χ1n) is 8.41. The first-order valence-corrected chi connectivity index (χ1v) is 9.29. The maximum absolute atomic E-state index is 12.4. The second-order valence-electron chi connectivity index (χ2n) is 5.91. The van der Waals surface area contributed by atoms with Crippen LogP contribution in [0.1, 0.15) is 26.7 Å². The van der Waals surface area contributed by atoms with E-state index in [-0.39, 0.29) is 11.9 Å². The molecule has 3 rings (SSSR count). The zero-order valence-corrected chi connectivity index (χ0v) is 14.9. The Hall–Kier alpha value is -1.92. The fourth-order valence-corrected chi connectivity index (χ4v) is 3.60. The molecule has 2 aromatic rings. The van der Waals surface area contributed by atoms with Gasteiger partial charge < -0.3 is 10.1 Å². The van der Waals surface area contributed by atoms with Crippen LogP contribution in [0.2, 0.25) is 0 Å². The number of ether oxygens (including phenoxy) is 1. The van der Waals surface area contributed by atoms with Crippen molar-refractivity contribution in [2.45, 2.75) is 32.7 Å². The zero-order chi connectivity index (χ0) is 16.9. The second-order valence-corrected chi connectivity index (χ2v) is 6.77. The molecule has 2 heterocycles. The second kappa shape index (κ2) is 7.77. The van der Waals surface area contributed by atoms with Crippen molar-refractivity contribution in [3.05, 3.63) is 29.6 Å². The molecule has 1 amide bonds. The molecule has 1 saturated heterocycles. The molecule has 0 saturated carbocycles. The summed E-state index contributed by atoms with van der Waals surface area (Å²) in [5, 5.41) is 5.55. The van der Waals surface area contributed by atoms with Gasteiger partial charge in [-0.3, -0.25) is 9.69 Å². The summed E-state index contributed by atoms with van der Waals surface area (Å²) < 4.78 is 5.53. The third kappa shape index (κ3) is 3.94. The van der Waals surface area contributed by atoms with Gasteiger partial charge in [-0.2, -0.15) is 0 Å². The number of carbonyl (C=O) groups is 1. The summed E-state index contributed by atoms with van der Waals surface area (Å²) in [6.45, 7) is 6.56. The summed E-state index contributed by atoms with van der Waals surface area (Å²) in [4.78, 5) is 19.1. The molecule has 1 aliphatic rings. The predicted octanol–water partition coefficient (Wildman–Crippen LogP) is 3.63. The smallest absolute Gasteiger partial charge is 0.243 e. The maximum atomic E-state index is 12.4. The Morgan fingerprint density at radius 2 is 2.21 bits per heavy atom. The van der Waals surface area contributed by atoms with Crippen molar-refractivity contribution in [3.63, 3.8) is 0 Å². The maximum Gasteiger partial charge on any atom is 0.243 e. The van der Waals surface area contributed by atoms with Crippen LogP contribution in [-0.4, -0.2) is 41.5 Å². The van der Waals surface area contributed by atoms with E-state index in [1.165, 1.54) is 24.2 Å². The Labute approximate surface area is 146 Å². The molecule has 0 bridgehead atoms. The molecule has 0 aliphatic carbocycles. The molecule has 0 spiro atoms. The van der Waals surface area contributed by atoms with E-state index >= 15 is 0 Å². The molecular weight excluding hydrogens is 322 g/mol. The van der Waals surface area contributed by atoms with Gasteiger partial charge in [0.1, 0.15) is 5.75 Å². The zero-order valence-electron chi connectivity index (χ0n) is 14.1. The van der Waals surface area contributed by atoms with E-state index in [4.69, 9.17) is 4.74 Å². The summed E-state index contributed by atoms with van der Waals surface area (Å²) in [7, 11) is 0. The fourth-order valence-electron chi connectivity index (χ4n) is 2.88. The molecule has 128 valence electrons. The van der Waals surface area contributed by atoms with Gasteiger partial charge in [-0.05, 0) is 51.9 Å². The van der Waals surface area contributed by atoms with Gasteiger partial charge in [-0.15, -0.1) is 11.3 Å². The first-order chi connectivity index (χ1) is 11.7. The monoisotopic (exact) mass is 345 g/mol. The standard InChI is InChI=1S/C18H23N3O2S/c1-3-23-15-8-6-7-14(11-15)16-12-24-18(19-16)20-17(22)13(2)21-9-4-5-10-21/h6-8,11-13H,3-5,9-10H2,1-2H3,(H,19,20,22). The number of nitrogens with one attached hydrogen (secondary N) is 1. The molecule has 5 nitrogen and oxygen atoms in total. The average molecular weight is 345 g/mol. The van der Waals surface area contributed by atoms with Gasteiger partial charge in [0.15, 0.2) is 5.13 Å². The van der Waals surface area contributed by atoms with Crippen LogP contribution in [0, 0.1) is 0 Å². The molecule has 1 unspecified atom stereocenters. The summed E-state index contributed by atoms with van der Waals surface area (Å²) in [6.07, 6.45) is 2.35. The molecule has 1 aliphatic heterocycles. The lowest BCUT2D eigenvalue weighted by atomic mass is 10.2. The molecule has 1 N–H and O–H groups in total. The van der Waals surface area contributed by atoms with Crippen LogP contribution in [0.25, 0.3) is 11.3 Å². The van der Waals surface area contributed by atoms with Gasteiger partial charge in [-0.25, -0.2) is 4.98 Å². The predicted molar refractivity (Wildman–Crippen MR) is 97.6 cm³/mol. The Morgan fingerprint density at radius 1 is 1.42 bits per heavy atom. The highest BCUT2D eigenvalue weighted by molar-refractivity contribution is 7.14. The molecule has 1 aromatic heterocycles. The molecule has 1 fully saturated rings. The van der Waals surface area contributed by atoms with E-state index in [9.17, 15) is 4.79 Å². The SMILES string of the molecule is CCOc1cccc(-c2csc(NC(=O)C(C)N3CCCC3)n2)c1. The highest BCUT2D eigenvalue weighted by Crippen LogP contribution is 2.27. The van der Waals surface area contributed by atoms with E-state index in [0.717, 1.165) is 30.1 Å². The van der Waals surface area contributed by atoms with E-state index < -0.39 is 0 Å². The van der Waals surface area contributed by atoms with Gasteiger partial charge in [0.2, 0.25) is 5.91 Å². The number of anilines is 1. The van der Waals surface area contributed by atoms with Gasteiger partial charge in [-0.1, -0.05) is 12.1 Å².